The minimum Gasteiger partial charge on any atom is -0.342 e. The Labute approximate surface area is 229 Å². The maximum atomic E-state index is 13.7. The molecule has 3 heterocycles. The maximum absolute atomic E-state index is 13.7. The molecule has 6 N–H and O–H groups in total. The van der Waals surface area contributed by atoms with Crippen LogP contribution in [0.1, 0.15) is 24.0 Å². The fourth-order valence-electron chi connectivity index (χ4n) is 4.94. The molecule has 0 spiro atoms. The van der Waals surface area contributed by atoms with Crippen LogP contribution < -0.4 is 27.0 Å². The van der Waals surface area contributed by atoms with Crippen molar-refractivity contribution in [2.75, 3.05) is 13.1 Å². The number of nitrogens with one attached hydrogen (secondary N) is 4. The largest absolute Gasteiger partial charge is 0.342 e. The number of fused-ring (bicyclic) bond motifs is 2. The number of carbonyl (C=O) groups excluding carboxylic acids is 3. The zero-order valence-corrected chi connectivity index (χ0v) is 22.5. The van der Waals surface area contributed by atoms with E-state index in [1.807, 2.05) is 59.3 Å². The Morgan fingerprint density at radius 1 is 0.921 bits per heavy atom. The number of amides is 3. The molecule has 0 unspecified atom stereocenters. The lowest BCUT2D eigenvalue weighted by atomic mass is 9.88. The number of hydrogen-bond acceptors (Lipinski definition) is 7. The summed E-state index contributed by atoms with van der Waals surface area (Å²) >= 11 is 3.23. The van der Waals surface area contributed by atoms with Gasteiger partial charge in [-0.3, -0.25) is 14.4 Å². The second kappa shape index (κ2) is 11.6. The van der Waals surface area contributed by atoms with Gasteiger partial charge in [0.05, 0.1) is 5.54 Å². The summed E-state index contributed by atoms with van der Waals surface area (Å²) in [4.78, 5) is 38.4. The van der Waals surface area contributed by atoms with Gasteiger partial charge in [0.1, 0.15) is 12.2 Å². The molecule has 0 bridgehead atoms. The van der Waals surface area contributed by atoms with Crippen molar-refractivity contribution in [2.45, 2.75) is 43.4 Å². The van der Waals surface area contributed by atoms with Gasteiger partial charge in [0.15, 0.2) is 0 Å². The molecule has 1 saturated heterocycles. The first-order valence-electron chi connectivity index (χ1n) is 12.7. The lowest BCUT2D eigenvalue weighted by Crippen LogP contribution is -2.63. The number of thiophene rings is 2. The summed E-state index contributed by atoms with van der Waals surface area (Å²) in [6, 6.07) is 15.2. The molecule has 2 aromatic heterocycles. The molecular formula is C28H31N5O3S2. The van der Waals surface area contributed by atoms with E-state index in [1.54, 1.807) is 22.7 Å². The van der Waals surface area contributed by atoms with E-state index in [1.165, 1.54) is 0 Å². The normalized spacial score (nSPS) is 16.6. The monoisotopic (exact) mass is 549 g/mol. The predicted octanol–water partition coefficient (Wildman–Crippen LogP) is 2.66. The molecule has 38 heavy (non-hydrogen) atoms. The van der Waals surface area contributed by atoms with Crippen molar-refractivity contribution in [2.24, 2.45) is 5.73 Å². The van der Waals surface area contributed by atoms with Gasteiger partial charge < -0.3 is 27.0 Å². The number of rotatable bonds is 10. The number of nitrogens with two attached hydrogens (primary N) is 1. The van der Waals surface area contributed by atoms with Gasteiger partial charge >= 0.3 is 0 Å². The molecule has 2 aromatic carbocycles. The van der Waals surface area contributed by atoms with Crippen LogP contribution in [0.25, 0.3) is 20.2 Å². The quantitative estimate of drug-likeness (QED) is 0.154. The van der Waals surface area contributed by atoms with Crippen molar-refractivity contribution in [3.63, 3.8) is 0 Å². The lowest BCUT2D eigenvalue weighted by Gasteiger charge is -2.34. The van der Waals surface area contributed by atoms with Gasteiger partial charge in [-0.2, -0.15) is 0 Å². The van der Waals surface area contributed by atoms with E-state index < -0.39 is 17.7 Å². The Bertz CT molecular complexity index is 1440. The third kappa shape index (κ3) is 5.73. The highest BCUT2D eigenvalue weighted by atomic mass is 32.1. The minimum atomic E-state index is -1.03. The zero-order valence-electron chi connectivity index (χ0n) is 20.9. The van der Waals surface area contributed by atoms with E-state index in [4.69, 9.17) is 5.73 Å². The molecule has 3 amide bonds. The molecule has 2 atom stereocenters. The summed E-state index contributed by atoms with van der Waals surface area (Å²) in [7, 11) is 0. The van der Waals surface area contributed by atoms with Gasteiger partial charge in [0.25, 0.3) is 0 Å². The molecule has 198 valence electrons. The SMILES string of the molecule is NC1(C(=O)N[C@H](Cc2csc3ccccc23)C(=O)N[C@H](Cc2csc3ccccc23)NC=O)CCNCC1. The highest BCUT2D eigenvalue weighted by Crippen LogP contribution is 2.28. The van der Waals surface area contributed by atoms with E-state index >= 15 is 0 Å². The summed E-state index contributed by atoms with van der Waals surface area (Å²) in [6.07, 6.45) is 1.67. The average Bonchev–Trinajstić information content (AvgIpc) is 3.53. The van der Waals surface area contributed by atoms with Crippen LogP contribution in [0.5, 0.6) is 0 Å². The molecule has 1 aliphatic heterocycles. The van der Waals surface area contributed by atoms with Crippen LogP contribution in [0.2, 0.25) is 0 Å². The van der Waals surface area contributed by atoms with Crippen molar-refractivity contribution in [1.82, 2.24) is 21.3 Å². The first-order valence-corrected chi connectivity index (χ1v) is 14.4. The molecule has 8 nitrogen and oxygen atoms in total. The summed E-state index contributed by atoms with van der Waals surface area (Å²) in [5.74, 6) is -0.701. The summed E-state index contributed by atoms with van der Waals surface area (Å²) in [5, 5.41) is 18.1. The fourth-order valence-corrected chi connectivity index (χ4v) is 6.89. The van der Waals surface area contributed by atoms with Gasteiger partial charge in [-0.25, -0.2) is 0 Å². The number of piperidine rings is 1. The van der Waals surface area contributed by atoms with E-state index in [2.05, 4.69) is 21.3 Å². The third-order valence-corrected chi connectivity index (χ3v) is 9.15. The Kier molecular flexibility index (Phi) is 8.04. The Morgan fingerprint density at radius 2 is 1.50 bits per heavy atom. The number of carbonyl (C=O) groups is 3. The maximum Gasteiger partial charge on any atom is 0.244 e. The van der Waals surface area contributed by atoms with Crippen LogP contribution in [-0.4, -0.2) is 49.1 Å². The van der Waals surface area contributed by atoms with E-state index in [9.17, 15) is 14.4 Å². The molecule has 5 rings (SSSR count). The van der Waals surface area contributed by atoms with Crippen molar-refractivity contribution in [1.29, 1.82) is 0 Å². The predicted molar refractivity (Wildman–Crippen MR) is 153 cm³/mol. The van der Waals surface area contributed by atoms with E-state index in [0.717, 1.165) is 31.3 Å². The average molecular weight is 550 g/mol. The van der Waals surface area contributed by atoms with Crippen LogP contribution in [0.15, 0.2) is 59.3 Å². The van der Waals surface area contributed by atoms with Gasteiger partial charge in [0, 0.05) is 22.2 Å². The first kappa shape index (κ1) is 26.3. The lowest BCUT2D eigenvalue weighted by molar-refractivity contribution is -0.133. The molecule has 1 fully saturated rings. The Hall–Kier alpha value is -3.31. The molecule has 10 heteroatoms. The molecule has 0 saturated carbocycles. The van der Waals surface area contributed by atoms with Gasteiger partial charge in [0.2, 0.25) is 18.2 Å². The molecule has 0 radical (unpaired) electrons. The van der Waals surface area contributed by atoms with Crippen LogP contribution in [0.3, 0.4) is 0 Å². The highest BCUT2D eigenvalue weighted by molar-refractivity contribution is 7.17. The van der Waals surface area contributed by atoms with E-state index in [-0.39, 0.29) is 11.8 Å². The van der Waals surface area contributed by atoms with Crippen LogP contribution in [0.4, 0.5) is 0 Å². The standard InChI is InChI=1S/C28H31N5O3S2/c29-28(9-11-30-12-10-28)27(36)32-22(13-18-15-37-23-7-3-1-5-20(18)23)26(35)33-25(31-17-34)14-19-16-38-24-8-4-2-6-21(19)24/h1-8,15-17,22,25,30H,9-14,29H2,(H,31,34)(H,32,36)(H,33,35)/t22-,25-/m1/s1. The smallest absolute Gasteiger partial charge is 0.244 e. The van der Waals surface area contributed by atoms with Crippen molar-refractivity contribution in [3.8, 4) is 0 Å². The van der Waals surface area contributed by atoms with Crippen molar-refractivity contribution in [3.05, 3.63) is 70.4 Å². The summed E-state index contributed by atoms with van der Waals surface area (Å²) in [5.41, 5.74) is 7.45. The van der Waals surface area contributed by atoms with Crippen LogP contribution >= 0.6 is 22.7 Å². The topological polar surface area (TPSA) is 125 Å². The Morgan fingerprint density at radius 3 is 2.11 bits per heavy atom. The van der Waals surface area contributed by atoms with E-state index in [0.29, 0.717) is 45.2 Å². The van der Waals surface area contributed by atoms with Crippen molar-refractivity contribution < 1.29 is 14.4 Å². The van der Waals surface area contributed by atoms with Gasteiger partial charge in [-0.05, 0) is 70.7 Å². The highest BCUT2D eigenvalue weighted by Gasteiger charge is 2.37. The molecule has 4 aromatic rings. The number of benzene rings is 2. The fraction of sp³-hybridized carbons (Fsp3) is 0.321. The zero-order chi connectivity index (χ0) is 26.5. The molecule has 0 aliphatic carbocycles. The minimum absolute atomic E-state index is 0.311. The second-order valence-electron chi connectivity index (χ2n) is 9.70. The van der Waals surface area contributed by atoms with Crippen LogP contribution in [-0.2, 0) is 27.2 Å². The summed E-state index contributed by atoms with van der Waals surface area (Å²) < 4.78 is 2.26. The molecule has 1 aliphatic rings. The first-order chi connectivity index (χ1) is 18.5. The van der Waals surface area contributed by atoms with Gasteiger partial charge in [-0.1, -0.05) is 36.4 Å². The molecular weight excluding hydrogens is 518 g/mol. The Balaban J connectivity index is 1.37. The van der Waals surface area contributed by atoms with Crippen molar-refractivity contribution >= 4 is 61.1 Å². The van der Waals surface area contributed by atoms with Crippen LogP contribution in [0, 0.1) is 0 Å². The summed E-state index contributed by atoms with van der Waals surface area (Å²) in [6.45, 7) is 1.30. The van der Waals surface area contributed by atoms with Gasteiger partial charge in [-0.15, -0.1) is 22.7 Å². The second-order valence-corrected chi connectivity index (χ2v) is 11.5. The third-order valence-electron chi connectivity index (χ3n) is 7.13. The number of hydrogen-bond donors (Lipinski definition) is 5.